The quantitative estimate of drug-likeness (QED) is 0.848. The molecule has 2 N–H and O–H groups in total. The van der Waals surface area contributed by atoms with Crippen LogP contribution in [-0.4, -0.2) is 20.3 Å². The Bertz CT molecular complexity index is 749. The van der Waals surface area contributed by atoms with Crippen LogP contribution >= 0.6 is 0 Å². The Balaban J connectivity index is 2.15. The Morgan fingerprint density at radius 1 is 0.920 bits per heavy atom. The van der Waals surface area contributed by atoms with E-state index < -0.39 is 5.54 Å². The molecule has 0 heterocycles. The summed E-state index contributed by atoms with van der Waals surface area (Å²) in [6, 6.07) is 11.3. The molecule has 0 radical (unpaired) electrons. The lowest BCUT2D eigenvalue weighted by Crippen LogP contribution is -2.43. The SMILES string of the molecule is COc1ccc(C(C)(C)NC(=O)Nc2cc(C)cc(C)c2)cc1OC. The summed E-state index contributed by atoms with van der Waals surface area (Å²) < 4.78 is 10.6. The molecule has 134 valence electrons. The molecule has 0 aliphatic heterocycles. The number of aryl methyl sites for hydroxylation is 2. The number of anilines is 1. The van der Waals surface area contributed by atoms with Gasteiger partial charge in [0.2, 0.25) is 0 Å². The molecule has 2 aromatic carbocycles. The first kappa shape index (κ1) is 18.6. The van der Waals surface area contributed by atoms with Crippen LogP contribution in [0.2, 0.25) is 0 Å². The van der Waals surface area contributed by atoms with Crippen molar-refractivity contribution >= 4 is 11.7 Å². The fourth-order valence-corrected chi connectivity index (χ4v) is 2.79. The molecule has 0 spiro atoms. The highest BCUT2D eigenvalue weighted by Gasteiger charge is 2.24. The van der Waals surface area contributed by atoms with Crippen LogP contribution in [0.15, 0.2) is 36.4 Å². The third-order valence-corrected chi connectivity index (χ3v) is 4.01. The Kier molecular flexibility index (Phi) is 5.57. The Morgan fingerprint density at radius 3 is 2.08 bits per heavy atom. The maximum atomic E-state index is 12.4. The third-order valence-electron chi connectivity index (χ3n) is 4.01. The molecule has 0 saturated heterocycles. The van der Waals surface area contributed by atoms with Gasteiger partial charge in [0.25, 0.3) is 0 Å². The summed E-state index contributed by atoms with van der Waals surface area (Å²) in [6.07, 6.45) is 0. The van der Waals surface area contributed by atoms with Gasteiger partial charge in [-0.3, -0.25) is 0 Å². The van der Waals surface area contributed by atoms with Crippen molar-refractivity contribution in [2.24, 2.45) is 0 Å². The molecule has 0 fully saturated rings. The predicted molar refractivity (Wildman–Crippen MR) is 101 cm³/mol. The van der Waals surface area contributed by atoms with Gasteiger partial charge in [0.15, 0.2) is 11.5 Å². The summed E-state index contributed by atoms with van der Waals surface area (Å²) in [5.74, 6) is 1.28. The van der Waals surface area contributed by atoms with Crippen LogP contribution in [0.5, 0.6) is 11.5 Å². The smallest absolute Gasteiger partial charge is 0.319 e. The fourth-order valence-electron chi connectivity index (χ4n) is 2.79. The molecule has 2 rings (SSSR count). The third kappa shape index (κ3) is 4.66. The molecule has 0 bridgehead atoms. The van der Waals surface area contributed by atoms with Crippen molar-refractivity contribution in [3.63, 3.8) is 0 Å². The lowest BCUT2D eigenvalue weighted by Gasteiger charge is -2.28. The molecule has 2 amide bonds. The first-order chi connectivity index (χ1) is 11.7. The number of carbonyl (C=O) groups excluding carboxylic acids is 1. The maximum absolute atomic E-state index is 12.4. The van der Waals surface area contributed by atoms with Gasteiger partial charge in [0.05, 0.1) is 19.8 Å². The number of urea groups is 1. The van der Waals surface area contributed by atoms with Gasteiger partial charge < -0.3 is 20.1 Å². The second-order valence-electron chi connectivity index (χ2n) is 6.65. The topological polar surface area (TPSA) is 59.6 Å². The number of hydrogen-bond donors (Lipinski definition) is 2. The van der Waals surface area contributed by atoms with Crippen molar-refractivity contribution in [1.82, 2.24) is 5.32 Å². The largest absolute Gasteiger partial charge is 0.493 e. The summed E-state index contributed by atoms with van der Waals surface area (Å²) in [6.45, 7) is 7.89. The van der Waals surface area contributed by atoms with Crippen molar-refractivity contribution in [2.75, 3.05) is 19.5 Å². The number of carbonyl (C=O) groups is 1. The Labute approximate surface area is 149 Å². The van der Waals surface area contributed by atoms with E-state index in [1.165, 1.54) is 0 Å². The van der Waals surface area contributed by atoms with E-state index in [9.17, 15) is 4.79 Å². The Morgan fingerprint density at radius 2 is 1.52 bits per heavy atom. The van der Waals surface area contributed by atoms with Gasteiger partial charge in [-0.1, -0.05) is 12.1 Å². The van der Waals surface area contributed by atoms with E-state index >= 15 is 0 Å². The minimum absolute atomic E-state index is 0.259. The zero-order valence-corrected chi connectivity index (χ0v) is 15.7. The van der Waals surface area contributed by atoms with Gasteiger partial charge in [-0.2, -0.15) is 0 Å². The average molecular weight is 342 g/mol. The van der Waals surface area contributed by atoms with Gasteiger partial charge in [0.1, 0.15) is 0 Å². The van der Waals surface area contributed by atoms with Crippen LogP contribution in [0.25, 0.3) is 0 Å². The number of benzene rings is 2. The molecule has 5 heteroatoms. The molecule has 0 aliphatic rings. The van der Waals surface area contributed by atoms with Crippen molar-refractivity contribution in [2.45, 2.75) is 33.2 Å². The number of nitrogens with one attached hydrogen (secondary N) is 2. The van der Waals surface area contributed by atoms with E-state index in [-0.39, 0.29) is 6.03 Å². The number of hydrogen-bond acceptors (Lipinski definition) is 3. The molecular formula is C20H26N2O3. The van der Waals surface area contributed by atoms with Gasteiger partial charge in [0, 0.05) is 5.69 Å². The van der Waals surface area contributed by atoms with E-state index in [4.69, 9.17) is 9.47 Å². The molecule has 5 nitrogen and oxygen atoms in total. The van der Waals surface area contributed by atoms with Crippen LogP contribution in [0, 0.1) is 13.8 Å². The van der Waals surface area contributed by atoms with Crippen molar-refractivity contribution in [3.05, 3.63) is 53.1 Å². The van der Waals surface area contributed by atoms with E-state index in [0.717, 1.165) is 22.4 Å². The highest BCUT2D eigenvalue weighted by Crippen LogP contribution is 2.32. The highest BCUT2D eigenvalue weighted by molar-refractivity contribution is 5.90. The van der Waals surface area contributed by atoms with Gasteiger partial charge in [-0.25, -0.2) is 4.79 Å². The molecule has 0 aromatic heterocycles. The number of rotatable bonds is 5. The first-order valence-corrected chi connectivity index (χ1v) is 8.15. The van der Waals surface area contributed by atoms with Gasteiger partial charge in [-0.15, -0.1) is 0 Å². The molecule has 0 saturated carbocycles. The normalized spacial score (nSPS) is 11.0. The Hall–Kier alpha value is -2.69. The minimum atomic E-state index is -0.581. The fraction of sp³-hybridized carbons (Fsp3) is 0.350. The second-order valence-corrected chi connectivity index (χ2v) is 6.65. The molecule has 0 unspecified atom stereocenters. The van der Waals surface area contributed by atoms with Crippen LogP contribution in [0.3, 0.4) is 0 Å². The van der Waals surface area contributed by atoms with Crippen molar-refractivity contribution < 1.29 is 14.3 Å². The summed E-state index contributed by atoms with van der Waals surface area (Å²) in [7, 11) is 3.19. The average Bonchev–Trinajstić information content (AvgIpc) is 2.52. The summed E-state index contributed by atoms with van der Waals surface area (Å²) in [4.78, 5) is 12.4. The molecule has 0 aliphatic carbocycles. The number of amides is 2. The van der Waals surface area contributed by atoms with E-state index in [0.29, 0.717) is 11.5 Å². The van der Waals surface area contributed by atoms with Gasteiger partial charge in [-0.05, 0) is 68.7 Å². The van der Waals surface area contributed by atoms with Crippen LogP contribution in [-0.2, 0) is 5.54 Å². The molecule has 0 atom stereocenters. The van der Waals surface area contributed by atoms with E-state index in [1.54, 1.807) is 14.2 Å². The van der Waals surface area contributed by atoms with Crippen LogP contribution < -0.4 is 20.1 Å². The summed E-state index contributed by atoms with van der Waals surface area (Å²) in [5, 5.41) is 5.90. The molecule has 25 heavy (non-hydrogen) atoms. The first-order valence-electron chi connectivity index (χ1n) is 8.15. The van der Waals surface area contributed by atoms with E-state index in [2.05, 4.69) is 16.7 Å². The van der Waals surface area contributed by atoms with Gasteiger partial charge >= 0.3 is 6.03 Å². The van der Waals surface area contributed by atoms with Crippen LogP contribution in [0.1, 0.15) is 30.5 Å². The molecular weight excluding hydrogens is 316 g/mol. The zero-order chi connectivity index (χ0) is 18.6. The summed E-state index contributed by atoms with van der Waals surface area (Å²) in [5.41, 5.74) is 3.32. The number of methoxy groups -OCH3 is 2. The highest BCUT2D eigenvalue weighted by atomic mass is 16.5. The summed E-state index contributed by atoms with van der Waals surface area (Å²) >= 11 is 0. The van der Waals surface area contributed by atoms with Crippen molar-refractivity contribution in [3.8, 4) is 11.5 Å². The molecule has 2 aromatic rings. The standard InChI is InChI=1S/C20H26N2O3/c1-13-9-14(2)11-16(10-13)21-19(23)22-20(3,4)15-7-8-17(24-5)18(12-15)25-6/h7-12H,1-6H3,(H2,21,22,23). The second kappa shape index (κ2) is 7.47. The minimum Gasteiger partial charge on any atom is -0.493 e. The lowest BCUT2D eigenvalue weighted by atomic mass is 9.94. The number of ether oxygens (including phenoxy) is 2. The van der Waals surface area contributed by atoms with Crippen molar-refractivity contribution in [1.29, 1.82) is 0 Å². The predicted octanol–water partition coefficient (Wildman–Crippen LogP) is 4.38. The monoisotopic (exact) mass is 342 g/mol. The maximum Gasteiger partial charge on any atom is 0.319 e. The zero-order valence-electron chi connectivity index (χ0n) is 15.7. The lowest BCUT2D eigenvalue weighted by molar-refractivity contribution is 0.241. The van der Waals surface area contributed by atoms with E-state index in [1.807, 2.05) is 58.0 Å². The van der Waals surface area contributed by atoms with Crippen LogP contribution in [0.4, 0.5) is 10.5 Å².